The van der Waals surface area contributed by atoms with E-state index in [4.69, 9.17) is 10.5 Å². The van der Waals surface area contributed by atoms with E-state index in [1.54, 1.807) is 0 Å². The predicted molar refractivity (Wildman–Crippen MR) is 82.9 cm³/mol. The predicted octanol–water partition coefficient (Wildman–Crippen LogP) is 1.83. The number of rotatable bonds is 4. The molecule has 0 radical (unpaired) electrons. The van der Waals surface area contributed by atoms with Crippen LogP contribution < -0.4 is 5.73 Å². The van der Waals surface area contributed by atoms with Gasteiger partial charge in [-0.05, 0) is 17.7 Å². The minimum absolute atomic E-state index is 0.105. The lowest BCUT2D eigenvalue weighted by Gasteiger charge is -2.38. The van der Waals surface area contributed by atoms with Gasteiger partial charge in [-0.15, -0.1) is 0 Å². The number of hydrogen-bond acceptors (Lipinski definition) is 4. The molecule has 1 saturated heterocycles. The van der Waals surface area contributed by atoms with E-state index >= 15 is 0 Å². The lowest BCUT2D eigenvalue weighted by Crippen LogP contribution is -2.47. The highest BCUT2D eigenvalue weighted by Crippen LogP contribution is 2.28. The zero-order valence-corrected chi connectivity index (χ0v) is 12.1. The second-order valence-electron chi connectivity index (χ2n) is 5.29. The van der Waals surface area contributed by atoms with Crippen LogP contribution in [-0.4, -0.2) is 42.2 Å². The van der Waals surface area contributed by atoms with Crippen LogP contribution in [0.4, 0.5) is 0 Å². The van der Waals surface area contributed by atoms with Gasteiger partial charge in [0, 0.05) is 25.8 Å². The molecule has 0 amide bonds. The molecule has 0 bridgehead atoms. The first kappa shape index (κ1) is 14.2. The van der Waals surface area contributed by atoms with Crippen molar-refractivity contribution < 1.29 is 4.74 Å². The number of nitrogens with two attached hydrogens (primary N) is 1. The maximum absolute atomic E-state index is 5.78. The van der Waals surface area contributed by atoms with Crippen LogP contribution in [0.25, 0.3) is 0 Å². The Bertz CT molecular complexity index is 507. The van der Waals surface area contributed by atoms with Gasteiger partial charge in [0.05, 0.1) is 24.4 Å². The van der Waals surface area contributed by atoms with E-state index in [0.29, 0.717) is 6.54 Å². The summed E-state index contributed by atoms with van der Waals surface area (Å²) >= 11 is 0. The molecule has 0 spiro atoms. The van der Waals surface area contributed by atoms with Crippen molar-refractivity contribution in [1.82, 2.24) is 9.88 Å². The van der Waals surface area contributed by atoms with Crippen molar-refractivity contribution in [2.45, 2.75) is 12.1 Å². The van der Waals surface area contributed by atoms with E-state index in [2.05, 4.69) is 40.2 Å². The third kappa shape index (κ3) is 3.29. The van der Waals surface area contributed by atoms with E-state index < -0.39 is 0 Å². The van der Waals surface area contributed by atoms with Gasteiger partial charge in [0.15, 0.2) is 0 Å². The van der Waals surface area contributed by atoms with Crippen molar-refractivity contribution in [3.05, 3.63) is 66.0 Å². The summed E-state index contributed by atoms with van der Waals surface area (Å²) in [4.78, 5) is 6.98. The molecule has 4 heteroatoms. The first-order valence-corrected chi connectivity index (χ1v) is 7.40. The Morgan fingerprint density at radius 1 is 1.19 bits per heavy atom. The Balaban J connectivity index is 1.93. The molecule has 0 aliphatic carbocycles. The minimum Gasteiger partial charge on any atom is -0.374 e. The second-order valence-corrected chi connectivity index (χ2v) is 5.29. The molecule has 1 aromatic heterocycles. The van der Waals surface area contributed by atoms with Gasteiger partial charge in [-0.3, -0.25) is 9.88 Å². The number of hydrogen-bond donors (Lipinski definition) is 1. The lowest BCUT2D eigenvalue weighted by molar-refractivity contribution is -0.0339. The summed E-state index contributed by atoms with van der Waals surface area (Å²) in [5.74, 6) is 0. The SMILES string of the molecule is NCC1CN(C(c2ccccc2)c2ccccn2)CCO1. The Morgan fingerprint density at radius 3 is 2.71 bits per heavy atom. The van der Waals surface area contributed by atoms with Crippen LogP contribution in [0, 0.1) is 0 Å². The molecule has 2 heterocycles. The molecular weight excluding hydrogens is 262 g/mol. The fourth-order valence-electron chi connectivity index (χ4n) is 2.86. The van der Waals surface area contributed by atoms with Gasteiger partial charge in [-0.1, -0.05) is 36.4 Å². The first-order valence-electron chi connectivity index (χ1n) is 7.40. The number of ether oxygens (including phenoxy) is 1. The lowest BCUT2D eigenvalue weighted by atomic mass is 10.00. The van der Waals surface area contributed by atoms with E-state index in [1.165, 1.54) is 5.56 Å². The number of nitrogens with zero attached hydrogens (tertiary/aromatic N) is 2. The van der Waals surface area contributed by atoms with Gasteiger partial charge in [-0.2, -0.15) is 0 Å². The number of morpholine rings is 1. The fourth-order valence-corrected chi connectivity index (χ4v) is 2.86. The highest BCUT2D eigenvalue weighted by molar-refractivity contribution is 5.28. The van der Waals surface area contributed by atoms with Gasteiger partial charge >= 0.3 is 0 Å². The molecule has 2 atom stereocenters. The second kappa shape index (κ2) is 6.80. The molecule has 21 heavy (non-hydrogen) atoms. The summed E-state index contributed by atoms with van der Waals surface area (Å²) in [5, 5.41) is 0. The molecule has 2 N–H and O–H groups in total. The first-order chi connectivity index (χ1) is 10.4. The molecule has 1 aliphatic rings. The van der Waals surface area contributed by atoms with Crippen LogP contribution in [0.1, 0.15) is 17.3 Å². The van der Waals surface area contributed by atoms with Gasteiger partial charge in [0.1, 0.15) is 0 Å². The third-order valence-corrected chi connectivity index (χ3v) is 3.88. The average molecular weight is 283 g/mol. The maximum atomic E-state index is 5.78. The van der Waals surface area contributed by atoms with Crippen molar-refractivity contribution in [3.63, 3.8) is 0 Å². The van der Waals surface area contributed by atoms with E-state index in [-0.39, 0.29) is 12.1 Å². The summed E-state index contributed by atoms with van der Waals surface area (Å²) in [6, 6.07) is 16.8. The molecule has 1 fully saturated rings. The van der Waals surface area contributed by atoms with Crippen LogP contribution in [0.5, 0.6) is 0 Å². The molecule has 2 unspecified atom stereocenters. The Kier molecular flexibility index (Phi) is 4.60. The highest BCUT2D eigenvalue weighted by Gasteiger charge is 2.28. The number of pyridine rings is 1. The molecule has 110 valence electrons. The summed E-state index contributed by atoms with van der Waals surface area (Å²) in [6.07, 6.45) is 1.96. The average Bonchev–Trinajstić information content (AvgIpc) is 2.57. The summed E-state index contributed by atoms with van der Waals surface area (Å²) in [5.41, 5.74) is 8.10. The molecule has 1 aliphatic heterocycles. The van der Waals surface area contributed by atoms with E-state index in [9.17, 15) is 0 Å². The number of aromatic nitrogens is 1. The topological polar surface area (TPSA) is 51.4 Å². The van der Waals surface area contributed by atoms with Crippen LogP contribution >= 0.6 is 0 Å². The largest absolute Gasteiger partial charge is 0.374 e. The van der Waals surface area contributed by atoms with E-state index in [0.717, 1.165) is 25.4 Å². The zero-order valence-electron chi connectivity index (χ0n) is 12.1. The fraction of sp³-hybridized carbons (Fsp3) is 0.353. The summed E-state index contributed by atoms with van der Waals surface area (Å²) in [6.45, 7) is 3.01. The Hall–Kier alpha value is -1.75. The standard InChI is InChI=1S/C17H21N3O/c18-12-15-13-20(10-11-21-15)17(14-6-2-1-3-7-14)16-8-4-5-9-19-16/h1-9,15,17H,10-13,18H2. The van der Waals surface area contributed by atoms with Crippen LogP contribution in [-0.2, 0) is 4.74 Å². The molecule has 3 rings (SSSR count). The molecule has 4 nitrogen and oxygen atoms in total. The molecule has 1 aromatic carbocycles. The Morgan fingerprint density at radius 2 is 2.00 bits per heavy atom. The van der Waals surface area contributed by atoms with Crippen molar-refractivity contribution in [2.75, 3.05) is 26.2 Å². The van der Waals surface area contributed by atoms with Gasteiger partial charge < -0.3 is 10.5 Å². The van der Waals surface area contributed by atoms with Crippen molar-refractivity contribution >= 4 is 0 Å². The molecular formula is C17H21N3O. The van der Waals surface area contributed by atoms with Gasteiger partial charge in [0.25, 0.3) is 0 Å². The Labute approximate surface area is 125 Å². The monoisotopic (exact) mass is 283 g/mol. The van der Waals surface area contributed by atoms with Crippen LogP contribution in [0.15, 0.2) is 54.7 Å². The van der Waals surface area contributed by atoms with Crippen LogP contribution in [0.3, 0.4) is 0 Å². The molecule has 2 aromatic rings. The highest BCUT2D eigenvalue weighted by atomic mass is 16.5. The summed E-state index contributed by atoms with van der Waals surface area (Å²) in [7, 11) is 0. The summed E-state index contributed by atoms with van der Waals surface area (Å²) < 4.78 is 5.69. The number of benzene rings is 1. The van der Waals surface area contributed by atoms with Crippen molar-refractivity contribution in [3.8, 4) is 0 Å². The van der Waals surface area contributed by atoms with Crippen LogP contribution in [0.2, 0.25) is 0 Å². The smallest absolute Gasteiger partial charge is 0.0824 e. The van der Waals surface area contributed by atoms with Crippen molar-refractivity contribution in [2.24, 2.45) is 5.73 Å². The molecule has 0 saturated carbocycles. The quantitative estimate of drug-likeness (QED) is 0.930. The van der Waals surface area contributed by atoms with Gasteiger partial charge in [-0.25, -0.2) is 0 Å². The van der Waals surface area contributed by atoms with Crippen molar-refractivity contribution in [1.29, 1.82) is 0 Å². The maximum Gasteiger partial charge on any atom is 0.0824 e. The van der Waals surface area contributed by atoms with E-state index in [1.807, 2.05) is 24.4 Å². The third-order valence-electron chi connectivity index (χ3n) is 3.88. The minimum atomic E-state index is 0.105. The normalized spacial score (nSPS) is 21.1. The van der Waals surface area contributed by atoms with Gasteiger partial charge in [0.2, 0.25) is 0 Å². The zero-order chi connectivity index (χ0) is 14.5.